The lowest BCUT2D eigenvalue weighted by Gasteiger charge is -2.18. The van der Waals surface area contributed by atoms with Gasteiger partial charge < -0.3 is 20.1 Å². The number of carbonyl (C=O) groups is 1. The summed E-state index contributed by atoms with van der Waals surface area (Å²) in [5.74, 6) is 0.408. The maximum Gasteiger partial charge on any atom is 0.176 e. The molecule has 3 aromatic carbocycles. The second-order valence-corrected chi connectivity index (χ2v) is 11.7. The Hall–Kier alpha value is -3.32. The molecule has 0 bridgehead atoms. The molecule has 2 aliphatic rings. The van der Waals surface area contributed by atoms with Crippen molar-refractivity contribution in [3.63, 3.8) is 0 Å². The Morgan fingerprint density at radius 2 is 1.83 bits per heavy atom. The van der Waals surface area contributed by atoms with Gasteiger partial charge in [0.15, 0.2) is 17.3 Å². The van der Waals surface area contributed by atoms with Crippen molar-refractivity contribution in [2.75, 3.05) is 32.1 Å². The van der Waals surface area contributed by atoms with E-state index >= 15 is 0 Å². The third-order valence-electron chi connectivity index (χ3n) is 8.55. The van der Waals surface area contributed by atoms with Crippen molar-refractivity contribution in [2.45, 2.75) is 44.9 Å². The number of benzene rings is 3. The van der Waals surface area contributed by atoms with Crippen LogP contribution in [0, 0.1) is 5.92 Å². The lowest BCUT2D eigenvalue weighted by molar-refractivity contribution is 0.0923. The van der Waals surface area contributed by atoms with E-state index in [0.717, 1.165) is 72.1 Å². The molecule has 6 nitrogen and oxygen atoms in total. The number of nitrogens with one attached hydrogen (secondary N) is 1. The number of nitrogens with zero attached hydrogens (tertiary/aromatic N) is 2. The van der Waals surface area contributed by atoms with Crippen LogP contribution in [0.3, 0.4) is 0 Å². The lowest BCUT2D eigenvalue weighted by atomic mass is 9.93. The van der Waals surface area contributed by atoms with Crippen LogP contribution >= 0.6 is 24.0 Å². The molecule has 1 aromatic heterocycles. The number of aromatic hydroxyl groups is 1. The molecule has 42 heavy (non-hydrogen) atoms. The molecule has 2 N–H and O–H groups in total. The normalized spacial score (nSPS) is 15.6. The van der Waals surface area contributed by atoms with Crippen LogP contribution in [0.15, 0.2) is 60.8 Å². The number of fused-ring (bicyclic) bond motifs is 1. The number of aromatic nitrogens is 1. The predicted octanol–water partition coefficient (Wildman–Crippen LogP) is 8.45. The van der Waals surface area contributed by atoms with E-state index in [4.69, 9.17) is 21.3 Å². The maximum atomic E-state index is 13.8. The molecular formula is C34H37Cl2N3O3. The first-order valence-electron chi connectivity index (χ1n) is 14.6. The number of likely N-dealkylation sites (tertiary alicyclic amines) is 1. The summed E-state index contributed by atoms with van der Waals surface area (Å²) in [6.45, 7) is 3.44. The van der Waals surface area contributed by atoms with Crippen LogP contribution in [0.25, 0.3) is 22.0 Å². The lowest BCUT2D eigenvalue weighted by Crippen LogP contribution is -2.21. The van der Waals surface area contributed by atoms with Crippen molar-refractivity contribution in [3.8, 4) is 22.6 Å². The van der Waals surface area contributed by atoms with Gasteiger partial charge in [-0.1, -0.05) is 42.6 Å². The second kappa shape index (κ2) is 13.3. The molecule has 220 valence electrons. The van der Waals surface area contributed by atoms with E-state index in [1.54, 1.807) is 18.3 Å². The summed E-state index contributed by atoms with van der Waals surface area (Å²) in [7, 11) is 1.50. The number of Topliss-reactive ketones (excluding diaryl/α,β-unsaturated/α-hetero) is 1. The van der Waals surface area contributed by atoms with E-state index in [0.29, 0.717) is 11.3 Å². The van der Waals surface area contributed by atoms with Crippen LogP contribution in [0.4, 0.5) is 11.4 Å². The summed E-state index contributed by atoms with van der Waals surface area (Å²) in [5.41, 5.74) is 6.11. The molecule has 1 saturated heterocycles. The smallest absolute Gasteiger partial charge is 0.176 e. The van der Waals surface area contributed by atoms with Gasteiger partial charge in [0.2, 0.25) is 0 Å². The first kappa shape index (κ1) is 30.1. The van der Waals surface area contributed by atoms with Gasteiger partial charge in [0, 0.05) is 29.7 Å². The first-order chi connectivity index (χ1) is 20.0. The molecule has 4 aromatic rings. The molecule has 0 amide bonds. The van der Waals surface area contributed by atoms with Gasteiger partial charge in [-0.2, -0.15) is 0 Å². The van der Waals surface area contributed by atoms with Crippen LogP contribution in [0.2, 0.25) is 5.02 Å². The van der Waals surface area contributed by atoms with Gasteiger partial charge in [0.1, 0.15) is 0 Å². The van der Waals surface area contributed by atoms with Gasteiger partial charge >= 0.3 is 0 Å². The maximum absolute atomic E-state index is 13.8. The average Bonchev–Trinajstić information content (AvgIpc) is 3.72. The van der Waals surface area contributed by atoms with Crippen molar-refractivity contribution in [1.29, 1.82) is 0 Å². The number of anilines is 2. The minimum Gasteiger partial charge on any atom is -0.503 e. The number of halogens is 2. The predicted molar refractivity (Wildman–Crippen MR) is 173 cm³/mol. The van der Waals surface area contributed by atoms with E-state index in [9.17, 15) is 9.90 Å². The number of phenolic OH excluding ortho intramolecular Hbond substituents is 1. The molecule has 2 fully saturated rings. The molecule has 1 aliphatic heterocycles. The van der Waals surface area contributed by atoms with Crippen LogP contribution < -0.4 is 10.1 Å². The summed E-state index contributed by atoms with van der Waals surface area (Å²) in [6.07, 6.45) is 9.35. The Kier molecular flexibility index (Phi) is 9.57. The SMILES string of the molecule is COc1cc(-c2ccc3ncc(C(=O)C4CCCC4)c(Nc4cccc(CCN5CCCC5)c4)c3c2)cc(Cl)c1O.Cl. The fourth-order valence-corrected chi connectivity index (χ4v) is 6.45. The number of methoxy groups -OCH3 is 1. The van der Waals surface area contributed by atoms with E-state index in [2.05, 4.69) is 34.5 Å². The summed E-state index contributed by atoms with van der Waals surface area (Å²) in [5, 5.41) is 15.0. The highest BCUT2D eigenvalue weighted by Gasteiger charge is 2.27. The Morgan fingerprint density at radius 3 is 2.60 bits per heavy atom. The number of hydrogen-bond acceptors (Lipinski definition) is 6. The van der Waals surface area contributed by atoms with Crippen molar-refractivity contribution in [3.05, 3.63) is 76.9 Å². The monoisotopic (exact) mass is 605 g/mol. The third kappa shape index (κ3) is 6.36. The highest BCUT2D eigenvalue weighted by molar-refractivity contribution is 6.32. The molecule has 6 rings (SSSR count). The molecule has 8 heteroatoms. The van der Waals surface area contributed by atoms with Gasteiger partial charge in [-0.05, 0) is 98.3 Å². The minimum absolute atomic E-state index is 0. The Morgan fingerprint density at radius 1 is 1.05 bits per heavy atom. The standard InChI is InChI=1S/C34H36ClN3O3.ClH/c1-41-31-20-25(19-29(35)34(31)40)24-11-12-30-27(18-24)32(28(21-36-30)33(39)23-8-2-3-9-23)37-26-10-6-7-22(17-26)13-16-38-14-4-5-15-38;/h6-7,10-12,17-21,23,40H,2-5,8-9,13-16H2,1H3,(H,36,37);1H. The van der Waals surface area contributed by atoms with Gasteiger partial charge in [-0.25, -0.2) is 0 Å². The highest BCUT2D eigenvalue weighted by Crippen LogP contribution is 2.40. The van der Waals surface area contributed by atoms with Gasteiger partial charge in [-0.15, -0.1) is 12.4 Å². The Balaban J connectivity index is 0.00000353. The third-order valence-corrected chi connectivity index (χ3v) is 8.84. The number of rotatable bonds is 9. The molecule has 1 aliphatic carbocycles. The van der Waals surface area contributed by atoms with E-state index in [1.165, 1.54) is 38.6 Å². The highest BCUT2D eigenvalue weighted by atomic mass is 35.5. The molecular weight excluding hydrogens is 569 g/mol. The van der Waals surface area contributed by atoms with Crippen LogP contribution in [0.5, 0.6) is 11.5 Å². The first-order valence-corrected chi connectivity index (χ1v) is 15.0. The van der Waals surface area contributed by atoms with Crippen LogP contribution in [-0.4, -0.2) is 47.5 Å². The van der Waals surface area contributed by atoms with Crippen molar-refractivity contribution in [1.82, 2.24) is 9.88 Å². The summed E-state index contributed by atoms with van der Waals surface area (Å²) >= 11 is 6.32. The zero-order valence-corrected chi connectivity index (χ0v) is 25.4. The van der Waals surface area contributed by atoms with Crippen molar-refractivity contribution >= 4 is 52.1 Å². The number of hydrogen-bond donors (Lipinski definition) is 2. The summed E-state index contributed by atoms with van der Waals surface area (Å²) < 4.78 is 5.34. The topological polar surface area (TPSA) is 74.7 Å². The zero-order chi connectivity index (χ0) is 28.3. The largest absolute Gasteiger partial charge is 0.503 e. The van der Waals surface area contributed by atoms with Gasteiger partial charge in [0.25, 0.3) is 0 Å². The van der Waals surface area contributed by atoms with E-state index in [1.807, 2.05) is 18.2 Å². The Labute approximate surface area is 258 Å². The molecule has 0 unspecified atom stereocenters. The van der Waals surface area contributed by atoms with Crippen LogP contribution in [0.1, 0.15) is 54.4 Å². The molecule has 1 saturated carbocycles. The van der Waals surface area contributed by atoms with Crippen LogP contribution in [-0.2, 0) is 6.42 Å². The minimum atomic E-state index is -0.0863. The molecule has 0 radical (unpaired) electrons. The number of carbonyl (C=O) groups excluding carboxylic acids is 1. The quantitative estimate of drug-likeness (QED) is 0.186. The number of ether oxygens (including phenoxy) is 1. The van der Waals surface area contributed by atoms with Crippen molar-refractivity contribution < 1.29 is 14.6 Å². The number of ketones is 1. The second-order valence-electron chi connectivity index (χ2n) is 11.3. The average molecular weight is 607 g/mol. The fourth-order valence-electron chi connectivity index (χ4n) is 6.24. The van der Waals surface area contributed by atoms with Gasteiger partial charge in [-0.3, -0.25) is 9.78 Å². The number of pyridine rings is 1. The summed E-state index contributed by atoms with van der Waals surface area (Å²) in [4.78, 5) is 21.0. The summed E-state index contributed by atoms with van der Waals surface area (Å²) in [6, 6.07) is 18.0. The van der Waals surface area contributed by atoms with E-state index < -0.39 is 0 Å². The zero-order valence-electron chi connectivity index (χ0n) is 23.9. The van der Waals surface area contributed by atoms with Crippen molar-refractivity contribution in [2.24, 2.45) is 5.92 Å². The molecule has 0 atom stereocenters. The molecule has 0 spiro atoms. The van der Waals surface area contributed by atoms with E-state index in [-0.39, 0.29) is 34.9 Å². The number of phenols is 1. The van der Waals surface area contributed by atoms with Gasteiger partial charge in [0.05, 0.1) is 28.9 Å². The molecule has 2 heterocycles. The Bertz CT molecular complexity index is 1580. The fraction of sp³-hybridized carbons (Fsp3) is 0.353.